The van der Waals surface area contributed by atoms with Crippen molar-refractivity contribution in [1.82, 2.24) is 25.0 Å². The van der Waals surface area contributed by atoms with Gasteiger partial charge in [-0.25, -0.2) is 0 Å². The highest BCUT2D eigenvalue weighted by Crippen LogP contribution is 2.38. The molecule has 0 radical (unpaired) electrons. The Bertz CT molecular complexity index is 1110. The van der Waals surface area contributed by atoms with Gasteiger partial charge in [0.05, 0.1) is 5.69 Å². The molecule has 33 heavy (non-hydrogen) atoms. The van der Waals surface area contributed by atoms with Crippen LogP contribution in [0.2, 0.25) is 0 Å². The predicted molar refractivity (Wildman–Crippen MR) is 125 cm³/mol. The molecule has 0 aromatic carbocycles. The number of hydrogen-bond donors (Lipinski definition) is 3. The fourth-order valence-corrected chi connectivity index (χ4v) is 5.32. The Morgan fingerprint density at radius 2 is 2.12 bits per heavy atom. The lowest BCUT2D eigenvalue weighted by molar-refractivity contribution is -0.140. The quantitative estimate of drug-likeness (QED) is 0.650. The zero-order valence-corrected chi connectivity index (χ0v) is 19.5. The summed E-state index contributed by atoms with van der Waals surface area (Å²) in [5.41, 5.74) is 7.45. The number of likely N-dealkylation sites (N-methyl/N-ethyl adjacent to an activating group) is 1. The molecule has 1 saturated heterocycles. The average Bonchev–Trinajstić information content (AvgIpc) is 3.42. The van der Waals surface area contributed by atoms with E-state index in [1.807, 2.05) is 0 Å². The molecule has 1 fully saturated rings. The number of fused-ring (bicyclic) bond motifs is 2. The van der Waals surface area contributed by atoms with Gasteiger partial charge in [0.25, 0.3) is 0 Å². The Hall–Kier alpha value is -2.87. The highest BCUT2D eigenvalue weighted by molar-refractivity contribution is 5.86. The molecule has 1 unspecified atom stereocenters. The smallest absolute Gasteiger partial charge is 0.246 e. The first-order chi connectivity index (χ1) is 15.9. The number of carbonyl (C=O) groups is 2. The number of nitrogens with zero attached hydrogens (tertiary/aromatic N) is 3. The number of nitrogens with one attached hydrogen (secondary N) is 2. The van der Waals surface area contributed by atoms with Gasteiger partial charge in [-0.2, -0.15) is 5.10 Å². The van der Waals surface area contributed by atoms with Gasteiger partial charge in [0.1, 0.15) is 12.2 Å². The summed E-state index contributed by atoms with van der Waals surface area (Å²) in [4.78, 5) is 31.8. The number of rotatable bonds is 5. The Morgan fingerprint density at radius 1 is 1.27 bits per heavy atom. The maximum Gasteiger partial charge on any atom is 0.246 e. The molecule has 3 N–H and O–H groups in total. The minimum absolute atomic E-state index is 0.0416. The Balaban J connectivity index is 1.33. The van der Waals surface area contributed by atoms with Crippen LogP contribution in [0.25, 0.3) is 17.5 Å². The lowest BCUT2D eigenvalue weighted by atomic mass is 9.75. The highest BCUT2D eigenvalue weighted by Gasteiger charge is 2.33. The average molecular weight is 452 g/mol. The lowest BCUT2D eigenvalue weighted by Crippen LogP contribution is -2.43. The van der Waals surface area contributed by atoms with Crippen LogP contribution >= 0.6 is 0 Å². The van der Waals surface area contributed by atoms with Crippen LogP contribution in [0, 0.1) is 5.41 Å². The molecule has 0 bridgehead atoms. The van der Waals surface area contributed by atoms with Crippen LogP contribution < -0.4 is 0 Å². The molecule has 1 aliphatic heterocycles. The van der Waals surface area contributed by atoms with Gasteiger partial charge in [0.2, 0.25) is 11.8 Å². The van der Waals surface area contributed by atoms with Crippen molar-refractivity contribution in [2.24, 2.45) is 5.41 Å². The molecule has 176 valence electrons. The van der Waals surface area contributed by atoms with Crippen molar-refractivity contribution in [3.63, 3.8) is 0 Å². The molecule has 5 rings (SSSR count). The fourth-order valence-electron chi connectivity index (χ4n) is 5.32. The van der Waals surface area contributed by atoms with E-state index in [0.717, 1.165) is 73.4 Å². The molecule has 0 saturated carbocycles. The van der Waals surface area contributed by atoms with Crippen LogP contribution in [0.3, 0.4) is 0 Å². The van der Waals surface area contributed by atoms with Crippen molar-refractivity contribution >= 4 is 17.9 Å². The fraction of sp³-hybridized carbons (Fsp3) is 0.560. The second-order valence-corrected chi connectivity index (χ2v) is 10.2. The second kappa shape index (κ2) is 8.48. The third kappa shape index (κ3) is 4.12. The standard InChI is InChI=1S/C25H33N5O3/c1-25(15-31)9-8-18-21(13-25)27-28-24(18)20-11-16-6-7-17(12-19(16)26-20)29(2)23(33)14-30-10-4-3-5-22(30)32/h11-12,26,31H,3-10,13-15H2,1-2H3,(H,27,28). The predicted octanol–water partition coefficient (Wildman–Crippen LogP) is 2.65. The van der Waals surface area contributed by atoms with Gasteiger partial charge in [0.15, 0.2) is 0 Å². The molecule has 2 aliphatic carbocycles. The van der Waals surface area contributed by atoms with E-state index < -0.39 is 0 Å². The van der Waals surface area contributed by atoms with Crippen LogP contribution in [0.5, 0.6) is 0 Å². The van der Waals surface area contributed by atoms with Crippen molar-refractivity contribution in [2.75, 3.05) is 26.7 Å². The van der Waals surface area contributed by atoms with E-state index in [-0.39, 0.29) is 30.4 Å². The second-order valence-electron chi connectivity index (χ2n) is 10.2. The normalized spacial score (nSPS) is 22.6. The molecular weight excluding hydrogens is 418 g/mol. The van der Waals surface area contributed by atoms with Gasteiger partial charge in [-0.3, -0.25) is 14.7 Å². The summed E-state index contributed by atoms with van der Waals surface area (Å²) in [5, 5.41) is 17.5. The molecule has 8 heteroatoms. The SMILES string of the molecule is CN(C(=O)CN1CCCCC1=O)C1=Cc2[nH]c(-c3n[nH]c4c3CCC(C)(CO)C4)cc2CC1. The van der Waals surface area contributed by atoms with Gasteiger partial charge in [-0.15, -0.1) is 0 Å². The van der Waals surface area contributed by atoms with Crippen LogP contribution in [0.4, 0.5) is 0 Å². The monoisotopic (exact) mass is 451 g/mol. The maximum atomic E-state index is 12.8. The minimum Gasteiger partial charge on any atom is -0.396 e. The maximum absolute atomic E-state index is 12.8. The Kier molecular flexibility index (Phi) is 5.64. The first kappa shape index (κ1) is 21.9. The summed E-state index contributed by atoms with van der Waals surface area (Å²) >= 11 is 0. The zero-order valence-electron chi connectivity index (χ0n) is 19.5. The number of aliphatic hydroxyl groups excluding tert-OH is 1. The topological polar surface area (TPSA) is 105 Å². The number of aromatic amines is 2. The molecule has 2 amide bonds. The number of amides is 2. The number of aromatic nitrogens is 3. The summed E-state index contributed by atoms with van der Waals surface area (Å²) in [6.45, 7) is 3.13. The van der Waals surface area contributed by atoms with Crippen LogP contribution in [0.15, 0.2) is 11.8 Å². The molecule has 2 aromatic rings. The third-order valence-corrected chi connectivity index (χ3v) is 7.62. The van der Waals surface area contributed by atoms with E-state index in [4.69, 9.17) is 0 Å². The minimum atomic E-state index is -0.0840. The first-order valence-corrected chi connectivity index (χ1v) is 12.0. The van der Waals surface area contributed by atoms with Crippen LogP contribution in [0.1, 0.15) is 61.5 Å². The number of hydrogen-bond acceptors (Lipinski definition) is 4. The van der Waals surface area contributed by atoms with E-state index in [1.165, 1.54) is 11.1 Å². The largest absolute Gasteiger partial charge is 0.396 e. The molecule has 3 aliphatic rings. The van der Waals surface area contributed by atoms with Crippen molar-refractivity contribution in [1.29, 1.82) is 0 Å². The molecular formula is C25H33N5O3. The molecule has 8 nitrogen and oxygen atoms in total. The van der Waals surface area contributed by atoms with Crippen molar-refractivity contribution in [3.8, 4) is 11.4 Å². The zero-order chi connectivity index (χ0) is 23.2. The van der Waals surface area contributed by atoms with Gasteiger partial charge in [0, 0.05) is 49.3 Å². The van der Waals surface area contributed by atoms with E-state index >= 15 is 0 Å². The summed E-state index contributed by atoms with van der Waals surface area (Å²) in [7, 11) is 1.81. The Morgan fingerprint density at radius 3 is 2.91 bits per heavy atom. The summed E-state index contributed by atoms with van der Waals surface area (Å²) < 4.78 is 0. The summed E-state index contributed by atoms with van der Waals surface area (Å²) in [6, 6.07) is 2.17. The molecule has 3 heterocycles. The van der Waals surface area contributed by atoms with Crippen molar-refractivity contribution in [3.05, 3.63) is 34.3 Å². The number of aryl methyl sites for hydroxylation is 1. The summed E-state index contributed by atoms with van der Waals surface area (Å²) in [5.74, 6) is 0.0404. The van der Waals surface area contributed by atoms with Crippen LogP contribution in [-0.4, -0.2) is 68.6 Å². The third-order valence-electron chi connectivity index (χ3n) is 7.62. The number of allylic oxidation sites excluding steroid dienone is 1. The number of likely N-dealkylation sites (tertiary alicyclic amines) is 1. The van der Waals surface area contributed by atoms with E-state index in [1.54, 1.807) is 16.8 Å². The van der Waals surface area contributed by atoms with E-state index in [2.05, 4.69) is 34.2 Å². The van der Waals surface area contributed by atoms with Crippen molar-refractivity contribution < 1.29 is 14.7 Å². The van der Waals surface area contributed by atoms with Crippen molar-refractivity contribution in [2.45, 2.75) is 58.3 Å². The highest BCUT2D eigenvalue weighted by atomic mass is 16.3. The molecule has 1 atom stereocenters. The molecule has 0 spiro atoms. The lowest BCUT2D eigenvalue weighted by Gasteiger charge is -2.31. The summed E-state index contributed by atoms with van der Waals surface area (Å²) in [6.07, 6.45) is 8.78. The van der Waals surface area contributed by atoms with Gasteiger partial charge < -0.3 is 19.9 Å². The van der Waals surface area contributed by atoms with E-state index in [9.17, 15) is 14.7 Å². The number of carbonyl (C=O) groups excluding carboxylic acids is 2. The number of piperidine rings is 1. The number of aliphatic hydroxyl groups is 1. The van der Waals surface area contributed by atoms with E-state index in [0.29, 0.717) is 13.0 Å². The molecule has 2 aromatic heterocycles. The van der Waals surface area contributed by atoms with Crippen LogP contribution in [-0.2, 0) is 28.9 Å². The first-order valence-electron chi connectivity index (χ1n) is 12.0. The van der Waals surface area contributed by atoms with Gasteiger partial charge >= 0.3 is 0 Å². The van der Waals surface area contributed by atoms with Gasteiger partial charge in [-0.05, 0) is 68.1 Å². The number of H-pyrrole nitrogens is 2. The van der Waals surface area contributed by atoms with Gasteiger partial charge in [-0.1, -0.05) is 6.92 Å². The Labute approximate surface area is 194 Å².